The van der Waals surface area contributed by atoms with Crippen molar-refractivity contribution in [3.05, 3.63) is 94.0 Å². The second-order valence-electron chi connectivity index (χ2n) is 8.90. The molecule has 0 saturated heterocycles. The van der Waals surface area contributed by atoms with Gasteiger partial charge < -0.3 is 15.8 Å². The fourth-order valence-corrected chi connectivity index (χ4v) is 4.53. The number of nitrogens with two attached hydrogens (primary N) is 1. The maximum atomic E-state index is 12.5. The minimum Gasteiger partial charge on any atom is -0.489 e. The van der Waals surface area contributed by atoms with Crippen LogP contribution in [0.2, 0.25) is 5.02 Å². The summed E-state index contributed by atoms with van der Waals surface area (Å²) in [5, 5.41) is 20.8. The Morgan fingerprint density at radius 3 is 2.50 bits per heavy atom. The predicted octanol–water partition coefficient (Wildman–Crippen LogP) is 4.90. The van der Waals surface area contributed by atoms with Gasteiger partial charge >= 0.3 is 0 Å². The lowest BCUT2D eigenvalue weighted by Gasteiger charge is -2.26. The molecular weight excluding hydrogens is 500 g/mol. The van der Waals surface area contributed by atoms with Gasteiger partial charge in [-0.05, 0) is 55.3 Å². The molecule has 3 aromatic rings. The first-order valence-electron chi connectivity index (χ1n) is 12.4. The molecule has 1 atom stereocenters. The molecule has 0 aliphatic carbocycles. The fourth-order valence-electron chi connectivity index (χ4n) is 4.40. The molecule has 1 aliphatic heterocycles. The molecule has 1 heterocycles. The molecule has 0 unspecified atom stereocenters. The van der Waals surface area contributed by atoms with Crippen molar-refractivity contribution < 1.29 is 9.53 Å². The highest BCUT2D eigenvalue weighted by Gasteiger charge is 2.32. The first-order valence-corrected chi connectivity index (χ1v) is 12.8. The average Bonchev–Trinajstić information content (AvgIpc) is 3.02. The van der Waals surface area contributed by atoms with Crippen LogP contribution in [-0.4, -0.2) is 35.9 Å². The van der Waals surface area contributed by atoms with Crippen molar-refractivity contribution in [1.82, 2.24) is 5.32 Å². The molecule has 0 saturated carbocycles. The van der Waals surface area contributed by atoms with Gasteiger partial charge in [-0.2, -0.15) is 0 Å². The van der Waals surface area contributed by atoms with Gasteiger partial charge in [-0.3, -0.25) is 25.5 Å². The van der Waals surface area contributed by atoms with Crippen LogP contribution in [0.4, 0.5) is 5.69 Å². The van der Waals surface area contributed by atoms with Gasteiger partial charge in [0.15, 0.2) is 0 Å². The number of rotatable bonds is 8. The van der Waals surface area contributed by atoms with E-state index in [4.69, 9.17) is 37.9 Å². The van der Waals surface area contributed by atoms with Gasteiger partial charge in [-0.25, -0.2) is 0 Å². The lowest BCUT2D eigenvalue weighted by Crippen LogP contribution is -2.42. The molecule has 0 bridgehead atoms. The second kappa shape index (κ2) is 12.0. The topological polar surface area (TPSA) is 128 Å². The van der Waals surface area contributed by atoms with E-state index in [-0.39, 0.29) is 24.0 Å². The number of aliphatic imine (C=N–C) groups is 1. The SMILES string of the molecule is CCNC(=O)C[C@@H]1N=C(c2ccc(Cl)cc2)c2cc(OCc3ccccc3CN)ccc2N(C(C)=N)C1=N. The number of fused-ring (bicyclic) bond motifs is 1. The average molecular weight is 531 g/mol. The van der Waals surface area contributed by atoms with Gasteiger partial charge in [-0.1, -0.05) is 48.0 Å². The lowest BCUT2D eigenvalue weighted by molar-refractivity contribution is -0.121. The number of nitrogens with zero attached hydrogens (tertiary/aromatic N) is 2. The Kier molecular flexibility index (Phi) is 8.55. The number of ether oxygens (including phenoxy) is 1. The number of benzodiazepines with no additional fused rings is 1. The summed E-state index contributed by atoms with van der Waals surface area (Å²) in [5.74, 6) is 0.598. The van der Waals surface area contributed by atoms with Crippen LogP contribution in [0.1, 0.15) is 42.5 Å². The first kappa shape index (κ1) is 27.0. The summed E-state index contributed by atoms with van der Waals surface area (Å²) in [5.41, 5.74) is 10.6. The van der Waals surface area contributed by atoms with Gasteiger partial charge in [0, 0.05) is 29.2 Å². The van der Waals surface area contributed by atoms with E-state index in [0.717, 1.165) is 16.7 Å². The molecule has 0 aromatic heterocycles. The van der Waals surface area contributed by atoms with Crippen LogP contribution in [-0.2, 0) is 17.9 Å². The summed E-state index contributed by atoms with van der Waals surface area (Å²) in [4.78, 5) is 19.0. The predicted molar refractivity (Wildman–Crippen MR) is 153 cm³/mol. The molecule has 0 spiro atoms. The van der Waals surface area contributed by atoms with Crippen molar-refractivity contribution in [3.8, 4) is 5.75 Å². The maximum Gasteiger partial charge on any atom is 0.222 e. The molecule has 0 fully saturated rings. The van der Waals surface area contributed by atoms with E-state index < -0.39 is 6.04 Å². The molecule has 38 heavy (non-hydrogen) atoms. The number of nitrogens with one attached hydrogen (secondary N) is 3. The fraction of sp³-hybridized carbons (Fsp3) is 0.241. The molecular formula is C29H31ClN6O2. The number of benzene rings is 3. The molecule has 9 heteroatoms. The monoisotopic (exact) mass is 530 g/mol. The number of amidine groups is 2. The Morgan fingerprint density at radius 2 is 1.84 bits per heavy atom. The van der Waals surface area contributed by atoms with E-state index >= 15 is 0 Å². The van der Waals surface area contributed by atoms with Crippen molar-refractivity contribution in [1.29, 1.82) is 10.8 Å². The van der Waals surface area contributed by atoms with Crippen LogP contribution >= 0.6 is 11.6 Å². The van der Waals surface area contributed by atoms with E-state index in [1.165, 1.54) is 4.90 Å². The molecule has 4 rings (SSSR count). The molecule has 3 aromatic carbocycles. The Morgan fingerprint density at radius 1 is 1.13 bits per heavy atom. The van der Waals surface area contributed by atoms with Crippen molar-refractivity contribution in [2.45, 2.75) is 39.5 Å². The third-order valence-electron chi connectivity index (χ3n) is 6.24. The molecule has 1 amide bonds. The zero-order chi connectivity index (χ0) is 27.2. The maximum absolute atomic E-state index is 12.5. The quantitative estimate of drug-likeness (QED) is 0.244. The van der Waals surface area contributed by atoms with Gasteiger partial charge in [0.1, 0.15) is 30.1 Å². The van der Waals surface area contributed by atoms with Gasteiger partial charge in [0.05, 0.1) is 17.8 Å². The number of hydrogen-bond donors (Lipinski definition) is 4. The van der Waals surface area contributed by atoms with E-state index in [2.05, 4.69) is 5.32 Å². The smallest absolute Gasteiger partial charge is 0.222 e. The Labute approximate surface area is 227 Å². The molecule has 196 valence electrons. The first-order chi connectivity index (χ1) is 18.3. The van der Waals surface area contributed by atoms with E-state index in [1.54, 1.807) is 19.1 Å². The summed E-state index contributed by atoms with van der Waals surface area (Å²) in [6.07, 6.45) is -0.0131. The molecule has 0 radical (unpaired) electrons. The van der Waals surface area contributed by atoms with Crippen molar-refractivity contribution in [3.63, 3.8) is 0 Å². The number of amides is 1. The third-order valence-corrected chi connectivity index (χ3v) is 6.50. The summed E-state index contributed by atoms with van der Waals surface area (Å²) in [7, 11) is 0. The van der Waals surface area contributed by atoms with Gasteiger partial charge in [0.2, 0.25) is 5.91 Å². The highest BCUT2D eigenvalue weighted by atomic mass is 35.5. The molecule has 8 nitrogen and oxygen atoms in total. The Balaban J connectivity index is 1.81. The summed E-state index contributed by atoms with van der Waals surface area (Å²) < 4.78 is 6.17. The van der Waals surface area contributed by atoms with E-state index in [0.29, 0.717) is 47.4 Å². The standard InChI is InChI=1S/C29H31ClN6O2/c1-3-34-27(37)15-25-29(33)36(18(2)32)26-13-12-23(38-17-21-7-5-4-6-20(21)16-31)14-24(26)28(35-25)19-8-10-22(30)11-9-19/h4-14,25,32-33H,3,15-17,31H2,1-2H3,(H,34,37)/t25-/m0/s1. The van der Waals surface area contributed by atoms with Crippen LogP contribution in [0.15, 0.2) is 71.7 Å². The highest BCUT2D eigenvalue weighted by Crippen LogP contribution is 2.33. The van der Waals surface area contributed by atoms with Crippen LogP contribution in [0.5, 0.6) is 5.75 Å². The number of hydrogen-bond acceptors (Lipinski definition) is 6. The number of carbonyl (C=O) groups excluding carboxylic acids is 1. The van der Waals surface area contributed by atoms with Crippen molar-refractivity contribution in [2.24, 2.45) is 10.7 Å². The normalized spacial score (nSPS) is 14.8. The van der Waals surface area contributed by atoms with E-state index in [9.17, 15) is 4.79 Å². The second-order valence-corrected chi connectivity index (χ2v) is 9.34. The zero-order valence-electron chi connectivity index (χ0n) is 21.4. The highest BCUT2D eigenvalue weighted by molar-refractivity contribution is 6.31. The molecule has 5 N–H and O–H groups in total. The van der Waals surface area contributed by atoms with Crippen molar-refractivity contribution in [2.75, 3.05) is 11.4 Å². The number of anilines is 1. The largest absolute Gasteiger partial charge is 0.489 e. The number of carbonyl (C=O) groups is 1. The Hall–Kier alpha value is -4.01. The van der Waals surface area contributed by atoms with E-state index in [1.807, 2.05) is 61.5 Å². The van der Waals surface area contributed by atoms with Crippen molar-refractivity contribution >= 4 is 40.6 Å². The lowest BCUT2D eigenvalue weighted by atomic mass is 9.99. The Bertz CT molecular complexity index is 1390. The summed E-state index contributed by atoms with van der Waals surface area (Å²) in [6, 6.07) is 19.8. The number of halogens is 1. The minimum absolute atomic E-state index is 0.0131. The summed E-state index contributed by atoms with van der Waals surface area (Å²) >= 11 is 6.16. The molecule has 1 aliphatic rings. The summed E-state index contributed by atoms with van der Waals surface area (Å²) in [6.45, 7) is 4.69. The van der Waals surface area contributed by atoms with Crippen LogP contribution in [0.3, 0.4) is 0 Å². The van der Waals surface area contributed by atoms with Crippen LogP contribution in [0, 0.1) is 10.8 Å². The minimum atomic E-state index is -0.791. The van der Waals surface area contributed by atoms with Gasteiger partial charge in [0.25, 0.3) is 0 Å². The van der Waals surface area contributed by atoms with Crippen LogP contribution in [0.25, 0.3) is 0 Å². The third kappa shape index (κ3) is 5.93. The van der Waals surface area contributed by atoms with Gasteiger partial charge in [-0.15, -0.1) is 0 Å². The zero-order valence-corrected chi connectivity index (χ0v) is 22.2. The van der Waals surface area contributed by atoms with Crippen LogP contribution < -0.4 is 20.7 Å².